The van der Waals surface area contributed by atoms with Crippen molar-refractivity contribution < 1.29 is 9.90 Å². The third kappa shape index (κ3) is 2.63. The Hall–Kier alpha value is -1.31. The first-order valence-corrected chi connectivity index (χ1v) is 6.10. The molecule has 2 heteroatoms. The van der Waals surface area contributed by atoms with E-state index in [0.29, 0.717) is 11.5 Å². The number of hydrogen-bond donors (Lipinski definition) is 1. The van der Waals surface area contributed by atoms with E-state index >= 15 is 0 Å². The van der Waals surface area contributed by atoms with Crippen molar-refractivity contribution >= 4 is 5.97 Å². The van der Waals surface area contributed by atoms with Crippen LogP contribution in [0.3, 0.4) is 0 Å². The summed E-state index contributed by atoms with van der Waals surface area (Å²) < 4.78 is 0. The van der Waals surface area contributed by atoms with Crippen molar-refractivity contribution in [3.05, 3.63) is 35.4 Å². The minimum absolute atomic E-state index is 0.418. The maximum Gasteiger partial charge on any atom is 0.335 e. The molecule has 1 aromatic carbocycles. The third-order valence-electron chi connectivity index (χ3n) is 3.46. The Balaban J connectivity index is 2.18. The van der Waals surface area contributed by atoms with Gasteiger partial charge in [0.25, 0.3) is 0 Å². The largest absolute Gasteiger partial charge is 0.478 e. The fourth-order valence-corrected chi connectivity index (χ4v) is 2.54. The second-order valence-electron chi connectivity index (χ2n) is 4.62. The summed E-state index contributed by atoms with van der Waals surface area (Å²) in [5.41, 5.74) is 1.63. The smallest absolute Gasteiger partial charge is 0.335 e. The van der Waals surface area contributed by atoms with E-state index in [2.05, 4.69) is 6.07 Å². The maximum atomic E-state index is 10.9. The van der Waals surface area contributed by atoms with Gasteiger partial charge in [0, 0.05) is 0 Å². The summed E-state index contributed by atoms with van der Waals surface area (Å²) in [7, 11) is 0. The third-order valence-corrected chi connectivity index (χ3v) is 3.46. The fourth-order valence-electron chi connectivity index (χ4n) is 2.54. The van der Waals surface area contributed by atoms with Gasteiger partial charge in [0.15, 0.2) is 0 Å². The zero-order valence-electron chi connectivity index (χ0n) is 9.48. The van der Waals surface area contributed by atoms with Crippen LogP contribution in [-0.4, -0.2) is 11.1 Å². The zero-order chi connectivity index (χ0) is 11.4. The Morgan fingerprint density at radius 3 is 2.44 bits per heavy atom. The molecule has 1 N–H and O–H groups in total. The molecule has 86 valence electrons. The van der Waals surface area contributed by atoms with E-state index in [1.54, 1.807) is 6.07 Å². The normalized spacial score (nSPS) is 18.0. The Morgan fingerprint density at radius 2 is 1.81 bits per heavy atom. The summed E-state index contributed by atoms with van der Waals surface area (Å²) in [4.78, 5) is 10.9. The van der Waals surface area contributed by atoms with Crippen molar-refractivity contribution in [3.8, 4) is 0 Å². The highest BCUT2D eigenvalue weighted by atomic mass is 16.4. The number of benzene rings is 1. The first-order chi connectivity index (χ1) is 7.77. The second-order valence-corrected chi connectivity index (χ2v) is 4.62. The van der Waals surface area contributed by atoms with E-state index in [0.717, 1.165) is 0 Å². The Labute approximate surface area is 96.3 Å². The van der Waals surface area contributed by atoms with Gasteiger partial charge < -0.3 is 5.11 Å². The van der Waals surface area contributed by atoms with Gasteiger partial charge in [-0.1, -0.05) is 37.8 Å². The van der Waals surface area contributed by atoms with Gasteiger partial charge >= 0.3 is 5.97 Å². The lowest BCUT2D eigenvalue weighted by Crippen LogP contribution is -2.01. The maximum absolute atomic E-state index is 10.9. The van der Waals surface area contributed by atoms with E-state index in [1.165, 1.54) is 44.1 Å². The molecule has 1 aliphatic rings. The molecule has 1 aromatic rings. The van der Waals surface area contributed by atoms with Crippen molar-refractivity contribution in [3.63, 3.8) is 0 Å². The monoisotopic (exact) mass is 218 g/mol. The molecule has 0 saturated heterocycles. The summed E-state index contributed by atoms with van der Waals surface area (Å²) in [6.07, 6.45) is 7.64. The van der Waals surface area contributed by atoms with Gasteiger partial charge in [0.2, 0.25) is 0 Å². The molecule has 1 saturated carbocycles. The lowest BCUT2D eigenvalue weighted by Gasteiger charge is -2.14. The zero-order valence-corrected chi connectivity index (χ0v) is 9.48. The molecule has 0 amide bonds. The highest BCUT2D eigenvalue weighted by Gasteiger charge is 2.15. The molecule has 0 radical (unpaired) electrons. The van der Waals surface area contributed by atoms with Crippen molar-refractivity contribution in [1.29, 1.82) is 0 Å². The van der Waals surface area contributed by atoms with Crippen LogP contribution in [0, 0.1) is 0 Å². The molecule has 0 unspecified atom stereocenters. The highest BCUT2D eigenvalue weighted by Crippen LogP contribution is 2.31. The van der Waals surface area contributed by atoms with Gasteiger partial charge in [-0.2, -0.15) is 0 Å². The summed E-state index contributed by atoms with van der Waals surface area (Å²) in [5, 5.41) is 8.96. The predicted octanol–water partition coefficient (Wildman–Crippen LogP) is 3.82. The van der Waals surface area contributed by atoms with Crippen LogP contribution in [0.1, 0.15) is 60.4 Å². The molecule has 2 nitrogen and oxygen atoms in total. The fraction of sp³-hybridized carbons (Fsp3) is 0.500. The van der Waals surface area contributed by atoms with Crippen LogP contribution < -0.4 is 0 Å². The summed E-state index contributed by atoms with van der Waals surface area (Å²) >= 11 is 0. The van der Waals surface area contributed by atoms with Crippen LogP contribution in [-0.2, 0) is 0 Å². The second kappa shape index (κ2) is 5.15. The first kappa shape index (κ1) is 11.2. The Bertz CT molecular complexity index is 363. The highest BCUT2D eigenvalue weighted by molar-refractivity contribution is 5.87. The molecular weight excluding hydrogens is 200 g/mol. The summed E-state index contributed by atoms with van der Waals surface area (Å²) in [5.74, 6) is -0.253. The van der Waals surface area contributed by atoms with Crippen LogP contribution in [0.25, 0.3) is 0 Å². The van der Waals surface area contributed by atoms with Crippen molar-refractivity contribution in [2.45, 2.75) is 44.4 Å². The van der Waals surface area contributed by atoms with Crippen molar-refractivity contribution in [2.75, 3.05) is 0 Å². The van der Waals surface area contributed by atoms with Crippen molar-refractivity contribution in [2.24, 2.45) is 0 Å². The number of carboxylic acids is 1. The number of carbonyl (C=O) groups is 1. The number of rotatable bonds is 2. The van der Waals surface area contributed by atoms with Crippen molar-refractivity contribution in [1.82, 2.24) is 0 Å². The number of aromatic carboxylic acids is 1. The standard InChI is InChI=1S/C14H18O2/c15-14(16)13-9-5-8-12(10-13)11-6-3-1-2-4-7-11/h5,8-11H,1-4,6-7H2,(H,15,16). The number of hydrogen-bond acceptors (Lipinski definition) is 1. The molecule has 0 atom stereocenters. The quantitative estimate of drug-likeness (QED) is 0.766. The van der Waals surface area contributed by atoms with Crippen LogP contribution in [0.2, 0.25) is 0 Å². The molecule has 2 rings (SSSR count). The van der Waals surface area contributed by atoms with Gasteiger partial charge in [-0.05, 0) is 36.5 Å². The topological polar surface area (TPSA) is 37.3 Å². The molecule has 1 fully saturated rings. The molecular formula is C14H18O2. The van der Waals surface area contributed by atoms with Gasteiger partial charge in [-0.25, -0.2) is 4.79 Å². The van der Waals surface area contributed by atoms with Crippen LogP contribution in [0.4, 0.5) is 0 Å². The Kier molecular flexibility index (Phi) is 3.60. The summed E-state index contributed by atoms with van der Waals surface area (Å²) in [6.45, 7) is 0. The lowest BCUT2D eigenvalue weighted by molar-refractivity contribution is 0.0696. The van der Waals surface area contributed by atoms with E-state index < -0.39 is 5.97 Å². The minimum Gasteiger partial charge on any atom is -0.478 e. The average Bonchev–Trinajstić information content (AvgIpc) is 2.57. The van der Waals surface area contributed by atoms with Crippen LogP contribution in [0.5, 0.6) is 0 Å². The van der Waals surface area contributed by atoms with E-state index in [-0.39, 0.29) is 0 Å². The van der Waals surface area contributed by atoms with Gasteiger partial charge in [0.1, 0.15) is 0 Å². The number of carboxylic acid groups (broad SMARTS) is 1. The van der Waals surface area contributed by atoms with Crippen LogP contribution >= 0.6 is 0 Å². The van der Waals surface area contributed by atoms with E-state index in [4.69, 9.17) is 5.11 Å². The Morgan fingerprint density at radius 1 is 1.12 bits per heavy atom. The average molecular weight is 218 g/mol. The SMILES string of the molecule is O=C(O)c1cccc(C2CCCCCC2)c1. The van der Waals surface area contributed by atoms with Gasteiger partial charge in [-0.15, -0.1) is 0 Å². The van der Waals surface area contributed by atoms with E-state index in [1.807, 2.05) is 12.1 Å². The molecule has 1 aliphatic carbocycles. The van der Waals surface area contributed by atoms with E-state index in [9.17, 15) is 4.79 Å². The molecule has 0 bridgehead atoms. The minimum atomic E-state index is -0.824. The lowest BCUT2D eigenvalue weighted by atomic mass is 9.91. The molecule has 0 heterocycles. The predicted molar refractivity (Wildman–Crippen MR) is 63.8 cm³/mol. The molecule has 16 heavy (non-hydrogen) atoms. The molecule has 0 aromatic heterocycles. The van der Waals surface area contributed by atoms with Crippen LogP contribution in [0.15, 0.2) is 24.3 Å². The molecule has 0 spiro atoms. The van der Waals surface area contributed by atoms with Gasteiger partial charge in [0.05, 0.1) is 5.56 Å². The summed E-state index contributed by atoms with van der Waals surface area (Å²) in [6, 6.07) is 7.45. The van der Waals surface area contributed by atoms with Gasteiger partial charge in [-0.3, -0.25) is 0 Å². The first-order valence-electron chi connectivity index (χ1n) is 6.10. The molecule has 0 aliphatic heterocycles.